The van der Waals surface area contributed by atoms with Crippen molar-refractivity contribution in [2.45, 2.75) is 40.2 Å². The molecular formula is C16H25NO4S. The van der Waals surface area contributed by atoms with Crippen LogP contribution in [0, 0.1) is 5.92 Å². The van der Waals surface area contributed by atoms with Gasteiger partial charge in [0.2, 0.25) is 5.91 Å². The van der Waals surface area contributed by atoms with Crippen LogP contribution < -0.4 is 4.18 Å². The molecule has 1 aromatic rings. The zero-order valence-electron chi connectivity index (χ0n) is 13.7. The summed E-state index contributed by atoms with van der Waals surface area (Å²) < 4.78 is 26.9. The van der Waals surface area contributed by atoms with Crippen molar-refractivity contribution in [3.63, 3.8) is 0 Å². The minimum Gasteiger partial charge on any atom is -0.383 e. The summed E-state index contributed by atoms with van der Waals surface area (Å²) in [6.45, 7) is 7.13. The quantitative estimate of drug-likeness (QED) is 0.689. The largest absolute Gasteiger partial charge is 0.383 e. The first-order valence-electron chi connectivity index (χ1n) is 7.50. The van der Waals surface area contributed by atoms with E-state index in [1.165, 1.54) is 0 Å². The molecule has 124 valence electrons. The molecule has 0 radical (unpaired) electrons. The van der Waals surface area contributed by atoms with E-state index in [9.17, 15) is 13.2 Å². The van der Waals surface area contributed by atoms with Crippen molar-refractivity contribution in [3.05, 3.63) is 29.8 Å². The third-order valence-electron chi connectivity index (χ3n) is 3.13. The third-order valence-corrected chi connectivity index (χ3v) is 3.63. The van der Waals surface area contributed by atoms with Gasteiger partial charge in [-0.1, -0.05) is 39.3 Å². The predicted octanol–water partition coefficient (Wildman–Crippen LogP) is 2.81. The summed E-state index contributed by atoms with van der Waals surface area (Å²) in [5, 5.41) is 0. The van der Waals surface area contributed by atoms with Crippen molar-refractivity contribution >= 4 is 16.0 Å². The summed E-state index contributed by atoms with van der Waals surface area (Å²) in [6, 6.07) is 6.78. The molecule has 0 aliphatic rings. The molecule has 0 heterocycles. The summed E-state index contributed by atoms with van der Waals surface area (Å²) in [5.74, 6) is 0.371. The summed E-state index contributed by atoms with van der Waals surface area (Å²) >= 11 is 0. The number of carbonyl (C=O) groups is 1. The number of benzene rings is 1. The standard InChI is InChI=1S/C16H25NO4S/c1-5-6-11-17(16(18)13(2)3)12-14-7-9-15(10-8-14)21-22(4,19)20/h7-10,13H,5-6,11-12H2,1-4H3. The molecule has 0 atom stereocenters. The third kappa shape index (κ3) is 6.47. The number of rotatable bonds is 8. The fraction of sp³-hybridized carbons (Fsp3) is 0.562. The molecule has 0 aliphatic carbocycles. The molecule has 5 nitrogen and oxygen atoms in total. The van der Waals surface area contributed by atoms with Gasteiger partial charge >= 0.3 is 10.1 Å². The fourth-order valence-corrected chi connectivity index (χ4v) is 2.49. The molecule has 0 saturated carbocycles. The maximum Gasteiger partial charge on any atom is 0.306 e. The predicted molar refractivity (Wildman–Crippen MR) is 87.1 cm³/mol. The van der Waals surface area contributed by atoms with Gasteiger partial charge in [-0.05, 0) is 24.1 Å². The molecule has 0 unspecified atom stereocenters. The summed E-state index contributed by atoms with van der Waals surface area (Å²) in [6.07, 6.45) is 3.01. The van der Waals surface area contributed by atoms with Crippen LogP contribution in [0.25, 0.3) is 0 Å². The Labute approximate surface area is 133 Å². The Bertz CT molecular complexity index is 579. The first-order chi connectivity index (χ1) is 10.2. The number of hydrogen-bond acceptors (Lipinski definition) is 4. The Kier molecular flexibility index (Phi) is 6.87. The van der Waals surface area contributed by atoms with Gasteiger partial charge in [0.25, 0.3) is 0 Å². The van der Waals surface area contributed by atoms with Crippen molar-refractivity contribution in [3.8, 4) is 5.75 Å². The number of hydrogen-bond donors (Lipinski definition) is 0. The van der Waals surface area contributed by atoms with Crippen molar-refractivity contribution < 1.29 is 17.4 Å². The highest BCUT2D eigenvalue weighted by molar-refractivity contribution is 7.86. The van der Waals surface area contributed by atoms with Crippen molar-refractivity contribution in [1.29, 1.82) is 0 Å². The second-order valence-corrected chi connectivity index (χ2v) is 7.27. The van der Waals surface area contributed by atoms with Crippen LogP contribution in [0.4, 0.5) is 0 Å². The lowest BCUT2D eigenvalue weighted by molar-refractivity contribution is -0.135. The van der Waals surface area contributed by atoms with Crippen LogP contribution in [-0.4, -0.2) is 32.0 Å². The maximum atomic E-state index is 12.2. The van der Waals surface area contributed by atoms with E-state index in [2.05, 4.69) is 6.92 Å². The Morgan fingerprint density at radius 2 is 1.82 bits per heavy atom. The monoisotopic (exact) mass is 327 g/mol. The highest BCUT2D eigenvalue weighted by Crippen LogP contribution is 2.16. The molecule has 22 heavy (non-hydrogen) atoms. The average molecular weight is 327 g/mol. The Balaban J connectivity index is 2.78. The van der Waals surface area contributed by atoms with Gasteiger partial charge in [0, 0.05) is 19.0 Å². The fourth-order valence-electron chi connectivity index (χ4n) is 2.03. The van der Waals surface area contributed by atoms with E-state index >= 15 is 0 Å². The zero-order valence-corrected chi connectivity index (χ0v) is 14.5. The molecule has 0 aliphatic heterocycles. The topological polar surface area (TPSA) is 63.7 Å². The lowest BCUT2D eigenvalue weighted by Crippen LogP contribution is -2.34. The van der Waals surface area contributed by atoms with Crippen molar-refractivity contribution in [1.82, 2.24) is 4.90 Å². The molecule has 1 amide bonds. The highest BCUT2D eigenvalue weighted by atomic mass is 32.2. The number of nitrogens with zero attached hydrogens (tertiary/aromatic N) is 1. The average Bonchev–Trinajstić information content (AvgIpc) is 2.42. The molecule has 0 saturated heterocycles. The summed E-state index contributed by atoms with van der Waals surface area (Å²) in [5.41, 5.74) is 0.950. The van der Waals surface area contributed by atoms with Gasteiger partial charge in [-0.25, -0.2) is 0 Å². The highest BCUT2D eigenvalue weighted by Gasteiger charge is 2.17. The Hall–Kier alpha value is -1.56. The first-order valence-corrected chi connectivity index (χ1v) is 9.31. The van der Waals surface area contributed by atoms with E-state index in [1.54, 1.807) is 24.3 Å². The van der Waals surface area contributed by atoms with E-state index in [4.69, 9.17) is 4.18 Å². The number of unbranched alkanes of at least 4 members (excludes halogenated alkanes) is 1. The Morgan fingerprint density at radius 1 is 1.23 bits per heavy atom. The van der Waals surface area contributed by atoms with Gasteiger partial charge in [0.1, 0.15) is 5.75 Å². The molecule has 0 N–H and O–H groups in total. The van der Waals surface area contributed by atoms with E-state index in [0.717, 1.165) is 31.2 Å². The van der Waals surface area contributed by atoms with E-state index < -0.39 is 10.1 Å². The number of carbonyl (C=O) groups excluding carboxylic acids is 1. The van der Waals surface area contributed by atoms with Crippen LogP contribution in [0.5, 0.6) is 5.75 Å². The normalized spacial score (nSPS) is 11.5. The van der Waals surface area contributed by atoms with Crippen molar-refractivity contribution in [2.24, 2.45) is 5.92 Å². The van der Waals surface area contributed by atoms with Gasteiger partial charge in [-0.15, -0.1) is 0 Å². The van der Waals surface area contributed by atoms with Gasteiger partial charge in [-0.2, -0.15) is 8.42 Å². The smallest absolute Gasteiger partial charge is 0.306 e. The van der Waals surface area contributed by atoms with Crippen LogP contribution in [0.15, 0.2) is 24.3 Å². The molecule has 6 heteroatoms. The van der Waals surface area contributed by atoms with Crippen LogP contribution in [0.3, 0.4) is 0 Å². The second-order valence-electron chi connectivity index (χ2n) is 5.70. The molecule has 1 rings (SSSR count). The Morgan fingerprint density at radius 3 is 2.27 bits per heavy atom. The van der Waals surface area contributed by atoms with Crippen LogP contribution in [0.2, 0.25) is 0 Å². The minimum absolute atomic E-state index is 0.0373. The maximum absolute atomic E-state index is 12.2. The van der Waals surface area contributed by atoms with E-state index in [0.29, 0.717) is 6.54 Å². The lowest BCUT2D eigenvalue weighted by Gasteiger charge is -2.24. The SMILES string of the molecule is CCCCN(Cc1ccc(OS(C)(=O)=O)cc1)C(=O)C(C)C. The van der Waals surface area contributed by atoms with E-state index in [-0.39, 0.29) is 17.6 Å². The minimum atomic E-state index is -3.51. The van der Waals surface area contributed by atoms with Gasteiger partial charge in [-0.3, -0.25) is 4.79 Å². The molecule has 0 bridgehead atoms. The molecule has 0 fully saturated rings. The van der Waals surface area contributed by atoms with Gasteiger partial charge < -0.3 is 9.08 Å². The molecule has 1 aromatic carbocycles. The van der Waals surface area contributed by atoms with Crippen LogP contribution >= 0.6 is 0 Å². The first kappa shape index (κ1) is 18.5. The van der Waals surface area contributed by atoms with Crippen molar-refractivity contribution in [2.75, 3.05) is 12.8 Å². The van der Waals surface area contributed by atoms with E-state index in [1.807, 2.05) is 18.7 Å². The number of amides is 1. The molecular weight excluding hydrogens is 302 g/mol. The van der Waals surface area contributed by atoms with Gasteiger partial charge in [0.05, 0.1) is 6.26 Å². The summed E-state index contributed by atoms with van der Waals surface area (Å²) in [4.78, 5) is 14.1. The van der Waals surface area contributed by atoms with Gasteiger partial charge in [0.15, 0.2) is 0 Å². The second kappa shape index (κ2) is 8.17. The van der Waals surface area contributed by atoms with Crippen LogP contribution in [0.1, 0.15) is 39.2 Å². The summed E-state index contributed by atoms with van der Waals surface area (Å²) in [7, 11) is -3.51. The van der Waals surface area contributed by atoms with Crippen LogP contribution in [-0.2, 0) is 21.5 Å². The molecule has 0 aromatic heterocycles. The zero-order chi connectivity index (χ0) is 16.8. The molecule has 0 spiro atoms. The lowest BCUT2D eigenvalue weighted by atomic mass is 10.1.